The van der Waals surface area contributed by atoms with E-state index in [0.29, 0.717) is 0 Å². The quantitative estimate of drug-likeness (QED) is 0.0404. The molecule has 92 heavy (non-hydrogen) atoms. The lowest BCUT2D eigenvalue weighted by Gasteiger charge is -2.46. The Morgan fingerprint density at radius 1 is 0.185 bits per heavy atom. The molecule has 42 nitrogen and oxygen atoms in total. The molecule has 9 rings (SSSR count). The van der Waals surface area contributed by atoms with Gasteiger partial charge in [0.1, 0.15) is 195 Å². The van der Waals surface area contributed by atoms with Gasteiger partial charge in [-0.25, -0.2) is 0 Å². The monoisotopic (exact) mass is 1360 g/mol. The predicted molar refractivity (Wildman–Crippen MR) is 273 cm³/mol. The number of ether oxygens (including phenoxy) is 17. The minimum absolute atomic E-state index is 0.694. The molecular formula is C50H84O42. The van der Waals surface area contributed by atoms with E-state index >= 15 is 0 Å². The lowest BCUT2D eigenvalue weighted by atomic mass is 9.97. The van der Waals surface area contributed by atoms with Gasteiger partial charge in [0.05, 0.1) is 59.5 Å². The molecule has 0 spiro atoms. The molecule has 42 heteroatoms. The molecule has 9 saturated heterocycles. The van der Waals surface area contributed by atoms with Gasteiger partial charge in [-0.3, -0.25) is 0 Å². The zero-order valence-electron chi connectivity index (χ0n) is 48.2. The minimum Gasteiger partial charge on any atom is -0.394 e. The van der Waals surface area contributed by atoms with E-state index < -0.39 is 311 Å². The first-order valence-corrected chi connectivity index (χ1v) is 29.3. The molecule has 0 amide bonds. The Morgan fingerprint density at radius 3 is 0.696 bits per heavy atom. The lowest BCUT2D eigenvalue weighted by Crippen LogP contribution is -2.64. The van der Waals surface area contributed by atoms with Crippen LogP contribution in [-0.2, 0) is 80.5 Å². The van der Waals surface area contributed by atoms with E-state index in [1.807, 2.05) is 0 Å². The van der Waals surface area contributed by atoms with Gasteiger partial charge in [0, 0.05) is 0 Å². The van der Waals surface area contributed by atoms with Gasteiger partial charge in [0.2, 0.25) is 0 Å². The summed E-state index contributed by atoms with van der Waals surface area (Å²) in [6.07, 6.45) is -76.6. The van der Waals surface area contributed by atoms with Crippen molar-refractivity contribution >= 4 is 0 Å². The number of rotatable bonds is 25. The van der Waals surface area contributed by atoms with Gasteiger partial charge in [-0.1, -0.05) is 0 Å². The SMILES string of the molecule is OC[C@@H]1O[C@@H](OC[C@@H]2O[C@@H](O[C@H]3[C@@H](O)[C@@H](CO[C@@H]4O[C@H](CO[C@@H]5O[C@H](CO)[C@H](O)[C@H](O[C@@H]6O[C@@H](CO)[C@H](O)[C@H]6O)[C@H]5O)[C@H](O)[C@H](O)[C@H]4O)O[C@@H](OC[C@H]4O[C@@H](OC[C@H]5O[C@@H](O)[C@H](O)[C@@H](O)[C@H]5O)[C@H](O)[C@@H](O[C@@H]5O[C@@H](CO)[C@H](O)[C@H]5O)[C@H]4O)[C@@H]3O)[C@H](O)[C@H]2O)[C@H](O)[C@H]1O. The van der Waals surface area contributed by atoms with Crippen molar-refractivity contribution in [3.63, 3.8) is 0 Å². The molecule has 0 aromatic rings. The third kappa shape index (κ3) is 15.7. The minimum atomic E-state index is -2.25. The van der Waals surface area contributed by atoms with Crippen LogP contribution in [0.4, 0.5) is 0 Å². The fraction of sp³-hybridized carbons (Fsp3) is 1.00. The molecule has 0 unspecified atom stereocenters. The summed E-state index contributed by atoms with van der Waals surface area (Å²) in [5.41, 5.74) is 0. The van der Waals surface area contributed by atoms with Crippen molar-refractivity contribution in [1.29, 1.82) is 0 Å². The van der Waals surface area contributed by atoms with Gasteiger partial charge in [0.15, 0.2) is 56.6 Å². The number of hydrogen-bond acceptors (Lipinski definition) is 42. The van der Waals surface area contributed by atoms with Gasteiger partial charge in [-0.2, -0.15) is 0 Å². The molecule has 9 heterocycles. The molecule has 0 aromatic heterocycles. The number of aliphatic hydroxyl groups excluding tert-OH is 25. The average Bonchev–Trinajstić information content (AvgIpc) is 1.20. The first kappa shape index (κ1) is 74.5. The second kappa shape index (κ2) is 32.1. The van der Waals surface area contributed by atoms with Crippen molar-refractivity contribution in [1.82, 2.24) is 0 Å². The highest BCUT2D eigenvalue weighted by Crippen LogP contribution is 2.37. The van der Waals surface area contributed by atoms with E-state index in [1.165, 1.54) is 0 Å². The van der Waals surface area contributed by atoms with E-state index in [4.69, 9.17) is 80.5 Å². The second-order valence-corrected chi connectivity index (χ2v) is 23.4. The highest BCUT2D eigenvalue weighted by molar-refractivity contribution is 5.00. The van der Waals surface area contributed by atoms with Gasteiger partial charge >= 0.3 is 0 Å². The highest BCUT2D eigenvalue weighted by atomic mass is 16.8. The van der Waals surface area contributed by atoms with E-state index in [1.54, 1.807) is 0 Å². The maximum atomic E-state index is 11.9. The molecule has 25 N–H and O–H groups in total. The molecular weight excluding hydrogens is 1270 g/mol. The number of aliphatic hydroxyl groups is 25. The molecule has 9 aliphatic rings. The summed E-state index contributed by atoms with van der Waals surface area (Å²) in [6.45, 7) is -7.67. The van der Waals surface area contributed by atoms with Crippen LogP contribution in [0.5, 0.6) is 0 Å². The fourth-order valence-electron chi connectivity index (χ4n) is 11.6. The largest absolute Gasteiger partial charge is 0.394 e. The van der Waals surface area contributed by atoms with E-state index in [-0.39, 0.29) is 0 Å². The van der Waals surface area contributed by atoms with Crippen LogP contribution >= 0.6 is 0 Å². The van der Waals surface area contributed by atoms with Crippen molar-refractivity contribution in [2.24, 2.45) is 0 Å². The summed E-state index contributed by atoms with van der Waals surface area (Å²) in [4.78, 5) is 0. The van der Waals surface area contributed by atoms with Crippen molar-refractivity contribution in [2.45, 2.75) is 252 Å². The Bertz CT molecular complexity index is 2240. The van der Waals surface area contributed by atoms with Crippen LogP contribution in [0.15, 0.2) is 0 Å². The maximum absolute atomic E-state index is 11.9. The molecule has 9 aliphatic heterocycles. The molecule has 9 fully saturated rings. The molecule has 41 atom stereocenters. The van der Waals surface area contributed by atoms with Gasteiger partial charge in [0.25, 0.3) is 0 Å². The third-order valence-corrected chi connectivity index (χ3v) is 17.3. The Balaban J connectivity index is 0.911. The topological polar surface area (TPSA) is 663 Å². The van der Waals surface area contributed by atoms with Crippen LogP contribution in [-0.4, -0.2) is 439 Å². The van der Waals surface area contributed by atoms with Gasteiger partial charge in [-0.15, -0.1) is 0 Å². The lowest BCUT2D eigenvalue weighted by molar-refractivity contribution is -0.364. The smallest absolute Gasteiger partial charge is 0.187 e. The van der Waals surface area contributed by atoms with Crippen molar-refractivity contribution in [3.05, 3.63) is 0 Å². The zero-order chi connectivity index (χ0) is 67.1. The van der Waals surface area contributed by atoms with Crippen molar-refractivity contribution in [3.8, 4) is 0 Å². The number of hydrogen-bond donors (Lipinski definition) is 25. The third-order valence-electron chi connectivity index (χ3n) is 17.3. The molecule has 0 radical (unpaired) electrons. The summed E-state index contributed by atoms with van der Waals surface area (Å²) in [6, 6.07) is 0. The fourth-order valence-corrected chi connectivity index (χ4v) is 11.6. The van der Waals surface area contributed by atoms with Crippen LogP contribution in [0.1, 0.15) is 0 Å². The molecule has 536 valence electrons. The van der Waals surface area contributed by atoms with Crippen LogP contribution < -0.4 is 0 Å². The molecule has 0 bridgehead atoms. The summed E-state index contributed by atoms with van der Waals surface area (Å²) >= 11 is 0. The summed E-state index contributed by atoms with van der Waals surface area (Å²) < 4.78 is 95.4. The van der Waals surface area contributed by atoms with Crippen molar-refractivity contribution < 1.29 is 208 Å². The zero-order valence-corrected chi connectivity index (χ0v) is 48.2. The van der Waals surface area contributed by atoms with Crippen LogP contribution in [0.2, 0.25) is 0 Å². The summed E-state index contributed by atoms with van der Waals surface area (Å²) in [5.74, 6) is 0. The standard InChI is InChI=1S/C50H84O42/c51-1-10-19(55)31(67)43(82-10)76-7-16-24(60)34(70)50(89-16)92-41-26(62)17(8-77-44-35(71)29(65)23(59)15(86-44)6-79-45-36(72)39(25(61)13(4-54)83-45)90-48-32(68)20(56)11(2-52)84-48)87-47(38(41)74)80-9-18-27(63)40(91-49-33(69)21(57)12(3-53)85-49)37(73)46(88-18)78-5-14-22(58)28(64)30(66)42(75)81-14/h10-75H,1-9H2/t10-,11-,12-,13+,14+,15+,16-,17+,18+,19-,20-,21-,22-,23-,24-,25-,26-,27-,28-,29-,30+,31+,32+,33+,34+,35+,36+,37+,38+,39-,40-,41-,42+,43+,44+,45+,46+,47+,48-,49-,50-/m0/s1. The first-order chi connectivity index (χ1) is 43.6. The molecule has 0 aromatic carbocycles. The normalized spacial score (nSPS) is 53.5. The van der Waals surface area contributed by atoms with Gasteiger partial charge in [-0.05, 0) is 0 Å². The highest BCUT2D eigenvalue weighted by Gasteiger charge is 2.57. The van der Waals surface area contributed by atoms with Crippen LogP contribution in [0, 0.1) is 0 Å². The average molecular weight is 1360 g/mol. The Labute approximate surface area is 518 Å². The summed E-state index contributed by atoms with van der Waals surface area (Å²) in [5, 5.41) is 267. The Hall–Kier alpha value is -1.68. The molecule has 0 aliphatic carbocycles. The van der Waals surface area contributed by atoms with Crippen LogP contribution in [0.3, 0.4) is 0 Å². The van der Waals surface area contributed by atoms with Gasteiger partial charge < -0.3 is 208 Å². The second-order valence-electron chi connectivity index (χ2n) is 23.4. The van der Waals surface area contributed by atoms with E-state index in [2.05, 4.69) is 0 Å². The Kier molecular flexibility index (Phi) is 26.0. The Morgan fingerprint density at radius 2 is 0.380 bits per heavy atom. The maximum Gasteiger partial charge on any atom is 0.187 e. The summed E-state index contributed by atoms with van der Waals surface area (Å²) in [7, 11) is 0. The first-order valence-electron chi connectivity index (χ1n) is 29.3. The van der Waals surface area contributed by atoms with E-state index in [9.17, 15) is 128 Å². The van der Waals surface area contributed by atoms with Crippen LogP contribution in [0.25, 0.3) is 0 Å². The van der Waals surface area contributed by atoms with Crippen molar-refractivity contribution in [2.75, 3.05) is 59.5 Å². The molecule has 0 saturated carbocycles. The predicted octanol–water partition coefficient (Wildman–Crippen LogP) is -18.1. The van der Waals surface area contributed by atoms with E-state index in [0.717, 1.165) is 0 Å².